The summed E-state index contributed by atoms with van der Waals surface area (Å²) < 4.78 is 30.1. The third-order valence-corrected chi connectivity index (χ3v) is 2.45. The molecule has 1 aromatic rings. The number of hydrogen-bond donors (Lipinski definition) is 2. The average molecular weight is 324 g/mol. The molecular formula is C15H14F2N2O4. The molecule has 0 aliphatic rings. The van der Waals surface area contributed by atoms with E-state index in [4.69, 9.17) is 10.4 Å². The molecule has 0 saturated carbocycles. The molecule has 1 amide bonds. The summed E-state index contributed by atoms with van der Waals surface area (Å²) in [5, 5.41) is 19.8. The second-order valence-electron chi connectivity index (χ2n) is 4.79. The maximum atomic E-state index is 13.0. The van der Waals surface area contributed by atoms with Crippen molar-refractivity contribution in [3.8, 4) is 11.8 Å². The fraction of sp³-hybridized carbons (Fsp3) is 0.267. The predicted molar refractivity (Wildman–Crippen MR) is 76.5 cm³/mol. The Hall–Kier alpha value is -2.95. The van der Waals surface area contributed by atoms with Crippen molar-refractivity contribution in [2.75, 3.05) is 0 Å². The Morgan fingerprint density at radius 3 is 2.61 bits per heavy atom. The Bertz CT molecular complexity index is 678. The zero-order chi connectivity index (χ0) is 17.6. The smallest absolute Gasteiger partial charge is 0.474 e. The van der Waals surface area contributed by atoms with Gasteiger partial charge in [0.1, 0.15) is 17.4 Å². The van der Waals surface area contributed by atoms with Gasteiger partial charge in [-0.25, -0.2) is 4.79 Å². The number of amides is 1. The van der Waals surface area contributed by atoms with Crippen LogP contribution in [0.2, 0.25) is 0 Å². The SMILES string of the molecule is CC(C)NC(=O)/C(C#N)=C/c1cccc(OC(F)(F)C(=O)O)c1. The zero-order valence-corrected chi connectivity index (χ0v) is 12.3. The van der Waals surface area contributed by atoms with Crippen LogP contribution in [0.3, 0.4) is 0 Å². The Kier molecular flexibility index (Phi) is 5.79. The van der Waals surface area contributed by atoms with E-state index in [0.29, 0.717) is 0 Å². The van der Waals surface area contributed by atoms with E-state index in [1.807, 2.05) is 0 Å². The van der Waals surface area contributed by atoms with Crippen molar-refractivity contribution in [1.82, 2.24) is 5.32 Å². The Balaban J connectivity index is 3.04. The predicted octanol–water partition coefficient (Wildman–Crippen LogP) is 2.17. The van der Waals surface area contributed by atoms with Crippen molar-refractivity contribution in [2.45, 2.75) is 26.0 Å². The van der Waals surface area contributed by atoms with Crippen LogP contribution < -0.4 is 10.1 Å². The molecule has 0 heterocycles. The molecule has 2 N–H and O–H groups in total. The standard InChI is InChI=1S/C15H14F2N2O4/c1-9(2)19-13(20)11(8-18)6-10-4-3-5-12(7-10)23-15(16,17)14(21)22/h3-7,9H,1-2H3,(H,19,20)(H,21,22)/b11-6+. The van der Waals surface area contributed by atoms with Crippen molar-refractivity contribution >= 4 is 18.0 Å². The molecule has 8 heteroatoms. The fourth-order valence-corrected chi connectivity index (χ4v) is 1.51. The van der Waals surface area contributed by atoms with Gasteiger partial charge in [0.25, 0.3) is 5.91 Å². The van der Waals surface area contributed by atoms with Crippen LogP contribution in [0.25, 0.3) is 6.08 Å². The minimum absolute atomic E-state index is 0.178. The summed E-state index contributed by atoms with van der Waals surface area (Å²) in [6.45, 7) is 3.44. The first-order valence-electron chi connectivity index (χ1n) is 6.48. The maximum absolute atomic E-state index is 13.0. The molecule has 1 rings (SSSR count). The minimum Gasteiger partial charge on any atom is -0.474 e. The summed E-state index contributed by atoms with van der Waals surface area (Å²) in [6.07, 6.45) is -3.20. The molecule has 0 bridgehead atoms. The van der Waals surface area contributed by atoms with Gasteiger partial charge in [-0.05, 0) is 37.6 Å². The molecule has 0 aliphatic carbocycles. The zero-order valence-electron chi connectivity index (χ0n) is 12.3. The van der Waals surface area contributed by atoms with Crippen molar-refractivity contribution < 1.29 is 28.2 Å². The maximum Gasteiger partial charge on any atom is 0.501 e. The molecule has 0 unspecified atom stereocenters. The number of alkyl halides is 2. The van der Waals surface area contributed by atoms with Gasteiger partial charge in [-0.2, -0.15) is 14.0 Å². The second-order valence-corrected chi connectivity index (χ2v) is 4.79. The van der Waals surface area contributed by atoms with Gasteiger partial charge < -0.3 is 15.2 Å². The highest BCUT2D eigenvalue weighted by atomic mass is 19.3. The van der Waals surface area contributed by atoms with Gasteiger partial charge in [0.2, 0.25) is 0 Å². The number of hydrogen-bond acceptors (Lipinski definition) is 4. The van der Waals surface area contributed by atoms with Crippen molar-refractivity contribution in [1.29, 1.82) is 5.26 Å². The lowest BCUT2D eigenvalue weighted by molar-refractivity contribution is -0.210. The van der Waals surface area contributed by atoms with E-state index in [9.17, 15) is 18.4 Å². The summed E-state index contributed by atoms with van der Waals surface area (Å²) in [7, 11) is 0. The highest BCUT2D eigenvalue weighted by molar-refractivity contribution is 6.01. The summed E-state index contributed by atoms with van der Waals surface area (Å²) in [6, 6.07) is 6.54. The van der Waals surface area contributed by atoms with E-state index in [0.717, 1.165) is 12.1 Å². The van der Waals surface area contributed by atoms with Crippen LogP contribution in [0.1, 0.15) is 19.4 Å². The molecule has 0 radical (unpaired) electrons. The van der Waals surface area contributed by atoms with E-state index >= 15 is 0 Å². The summed E-state index contributed by atoms with van der Waals surface area (Å²) in [5.74, 6) is -3.44. The quantitative estimate of drug-likeness (QED) is 0.617. The van der Waals surface area contributed by atoms with Gasteiger partial charge in [0.15, 0.2) is 0 Å². The number of carbonyl (C=O) groups is 2. The molecule has 0 aliphatic heterocycles. The molecule has 0 aromatic heterocycles. The lowest BCUT2D eigenvalue weighted by Crippen LogP contribution is -2.34. The monoisotopic (exact) mass is 324 g/mol. The largest absolute Gasteiger partial charge is 0.501 e. The van der Waals surface area contributed by atoms with Crippen LogP contribution in [0, 0.1) is 11.3 Å². The Morgan fingerprint density at radius 1 is 1.43 bits per heavy atom. The van der Waals surface area contributed by atoms with Gasteiger partial charge >= 0.3 is 12.1 Å². The normalized spacial score (nSPS) is 11.7. The highest BCUT2D eigenvalue weighted by Crippen LogP contribution is 2.23. The average Bonchev–Trinajstić information content (AvgIpc) is 2.43. The van der Waals surface area contributed by atoms with Gasteiger partial charge in [-0.15, -0.1) is 0 Å². The molecule has 0 fully saturated rings. The summed E-state index contributed by atoms with van der Waals surface area (Å²) in [5.41, 5.74) is 0.0139. The number of carbonyl (C=O) groups excluding carboxylic acids is 1. The minimum atomic E-state index is -4.38. The van der Waals surface area contributed by atoms with E-state index in [1.165, 1.54) is 18.2 Å². The fourth-order valence-electron chi connectivity index (χ4n) is 1.51. The lowest BCUT2D eigenvalue weighted by Gasteiger charge is -2.13. The van der Waals surface area contributed by atoms with Crippen LogP contribution in [0.5, 0.6) is 5.75 Å². The molecule has 0 atom stereocenters. The number of aliphatic carboxylic acids is 1. The van der Waals surface area contributed by atoms with E-state index < -0.39 is 23.7 Å². The molecular weight excluding hydrogens is 310 g/mol. The number of halogens is 2. The number of nitrogens with one attached hydrogen (secondary N) is 1. The topological polar surface area (TPSA) is 99.4 Å². The van der Waals surface area contributed by atoms with Crippen LogP contribution in [-0.4, -0.2) is 29.1 Å². The molecule has 6 nitrogen and oxygen atoms in total. The first kappa shape index (κ1) is 18.1. The Labute approximate surface area is 131 Å². The lowest BCUT2D eigenvalue weighted by atomic mass is 10.1. The molecule has 1 aromatic carbocycles. The van der Waals surface area contributed by atoms with Crippen LogP contribution >= 0.6 is 0 Å². The number of carboxylic acids is 1. The number of ether oxygens (including phenoxy) is 1. The molecule has 122 valence electrons. The number of rotatable bonds is 6. The highest BCUT2D eigenvalue weighted by Gasteiger charge is 2.42. The van der Waals surface area contributed by atoms with E-state index in [1.54, 1.807) is 19.9 Å². The number of benzene rings is 1. The van der Waals surface area contributed by atoms with Crippen LogP contribution in [0.15, 0.2) is 29.8 Å². The van der Waals surface area contributed by atoms with E-state index in [-0.39, 0.29) is 17.2 Å². The molecule has 0 spiro atoms. The third-order valence-electron chi connectivity index (χ3n) is 2.45. The van der Waals surface area contributed by atoms with Gasteiger partial charge in [0, 0.05) is 6.04 Å². The van der Waals surface area contributed by atoms with Gasteiger partial charge in [0.05, 0.1) is 0 Å². The Morgan fingerprint density at radius 2 is 2.09 bits per heavy atom. The van der Waals surface area contributed by atoms with Gasteiger partial charge in [-0.3, -0.25) is 4.79 Å². The number of nitrogens with zero attached hydrogens (tertiary/aromatic N) is 1. The van der Waals surface area contributed by atoms with Gasteiger partial charge in [-0.1, -0.05) is 12.1 Å². The number of nitriles is 1. The first-order chi connectivity index (χ1) is 10.7. The van der Waals surface area contributed by atoms with Crippen LogP contribution in [0.4, 0.5) is 8.78 Å². The number of carboxylic acid groups (broad SMARTS) is 1. The third kappa shape index (κ3) is 5.39. The molecule has 0 saturated heterocycles. The first-order valence-corrected chi connectivity index (χ1v) is 6.48. The van der Waals surface area contributed by atoms with Crippen molar-refractivity contribution in [2.24, 2.45) is 0 Å². The summed E-state index contributed by atoms with van der Waals surface area (Å²) in [4.78, 5) is 22.1. The van der Waals surface area contributed by atoms with Crippen molar-refractivity contribution in [3.05, 3.63) is 35.4 Å². The van der Waals surface area contributed by atoms with Crippen molar-refractivity contribution in [3.63, 3.8) is 0 Å². The van der Waals surface area contributed by atoms with Crippen LogP contribution in [-0.2, 0) is 9.59 Å². The van der Waals surface area contributed by atoms with E-state index in [2.05, 4.69) is 10.1 Å². The molecule has 23 heavy (non-hydrogen) atoms. The second kappa shape index (κ2) is 7.35. The summed E-state index contributed by atoms with van der Waals surface area (Å²) >= 11 is 0.